The van der Waals surface area contributed by atoms with Crippen molar-refractivity contribution in [2.45, 2.75) is 24.1 Å². The number of thioether (sulfide) groups is 2. The summed E-state index contributed by atoms with van der Waals surface area (Å²) >= 11 is 2.85. The van der Waals surface area contributed by atoms with Gasteiger partial charge in [-0.3, -0.25) is 9.80 Å². The van der Waals surface area contributed by atoms with Crippen LogP contribution in [0.25, 0.3) is 0 Å². The van der Waals surface area contributed by atoms with E-state index in [1.54, 1.807) is 36.0 Å². The molecular weight excluding hydrogens is 775 g/mol. The molecule has 0 amide bonds. The summed E-state index contributed by atoms with van der Waals surface area (Å²) < 4.78 is 45.8. The number of thiocyanates is 1. The Morgan fingerprint density at radius 3 is 1.91 bits per heavy atom. The highest BCUT2D eigenvalue weighted by atomic mass is 32.2. The number of ether oxygens (including phenoxy) is 8. The van der Waals surface area contributed by atoms with Gasteiger partial charge in [-0.05, 0) is 60.3 Å². The molecule has 2 aromatic heterocycles. The lowest BCUT2D eigenvalue weighted by Crippen LogP contribution is -2.35. The molecule has 310 valence electrons. The molecular formula is C40H53N5O10S2. The van der Waals surface area contributed by atoms with Crippen molar-refractivity contribution in [3.63, 3.8) is 0 Å². The average Bonchev–Trinajstić information content (AvgIpc) is 3.23. The van der Waals surface area contributed by atoms with Crippen LogP contribution in [0.15, 0.2) is 65.6 Å². The smallest absolute Gasteiger partial charge is 0.356 e. The minimum absolute atomic E-state index is 0.173. The summed E-state index contributed by atoms with van der Waals surface area (Å²) in [6.07, 6.45) is -0.173. The maximum absolute atomic E-state index is 12.1. The van der Waals surface area contributed by atoms with Crippen LogP contribution in [0.4, 0.5) is 0 Å². The van der Waals surface area contributed by atoms with Crippen LogP contribution in [-0.2, 0) is 46.2 Å². The zero-order chi connectivity index (χ0) is 40.3. The van der Waals surface area contributed by atoms with E-state index in [2.05, 4.69) is 25.2 Å². The first kappa shape index (κ1) is 45.9. The fourth-order valence-electron chi connectivity index (χ4n) is 5.49. The number of esters is 2. The Morgan fingerprint density at radius 2 is 1.33 bits per heavy atom. The molecule has 0 aliphatic carbocycles. The number of benzene rings is 1. The molecule has 0 saturated carbocycles. The lowest BCUT2D eigenvalue weighted by atomic mass is 10.2. The predicted molar refractivity (Wildman–Crippen MR) is 215 cm³/mol. The van der Waals surface area contributed by atoms with E-state index in [0.29, 0.717) is 111 Å². The first-order valence-electron chi connectivity index (χ1n) is 18.8. The van der Waals surface area contributed by atoms with Crippen molar-refractivity contribution >= 4 is 35.5 Å². The molecule has 0 N–H and O–H groups in total. The maximum atomic E-state index is 12.1. The van der Waals surface area contributed by atoms with E-state index >= 15 is 0 Å². The van der Waals surface area contributed by atoms with Crippen LogP contribution in [0.1, 0.15) is 32.4 Å². The molecule has 17 heteroatoms. The number of hydrogen-bond donors (Lipinski definition) is 0. The minimum atomic E-state index is -0.478. The monoisotopic (exact) mass is 827 g/mol. The SMILES string of the molecule is COC(=O)c1cccc(CN2CCOCCOCCN(Cc3cccc(C(=O)OC)n3)CCO[C@H](CSCCOCCOc3ccc(SC#N)cc3)COCC2)n1. The lowest BCUT2D eigenvalue weighted by Gasteiger charge is -2.25. The second-order valence-corrected chi connectivity index (χ2v) is 14.6. The van der Waals surface area contributed by atoms with Crippen molar-refractivity contribution in [1.82, 2.24) is 19.8 Å². The summed E-state index contributed by atoms with van der Waals surface area (Å²) in [5.41, 5.74) is 2.02. The van der Waals surface area contributed by atoms with Gasteiger partial charge in [0, 0.05) is 55.7 Å². The number of carbonyl (C=O) groups is 2. The van der Waals surface area contributed by atoms with Crippen molar-refractivity contribution in [2.24, 2.45) is 0 Å². The summed E-state index contributed by atoms with van der Waals surface area (Å²) in [7, 11) is 2.68. The van der Waals surface area contributed by atoms with E-state index in [1.165, 1.54) is 14.2 Å². The van der Waals surface area contributed by atoms with Gasteiger partial charge >= 0.3 is 11.9 Å². The summed E-state index contributed by atoms with van der Waals surface area (Å²) in [6.45, 7) is 8.12. The molecule has 1 aromatic carbocycles. The van der Waals surface area contributed by atoms with E-state index < -0.39 is 11.9 Å². The Kier molecular flexibility index (Phi) is 22.3. The van der Waals surface area contributed by atoms with Crippen LogP contribution >= 0.6 is 23.5 Å². The van der Waals surface area contributed by atoms with Crippen molar-refractivity contribution < 1.29 is 47.5 Å². The van der Waals surface area contributed by atoms with Gasteiger partial charge in [-0.1, -0.05) is 12.1 Å². The lowest BCUT2D eigenvalue weighted by molar-refractivity contribution is -0.0238. The van der Waals surface area contributed by atoms with Gasteiger partial charge in [-0.25, -0.2) is 19.6 Å². The first-order chi connectivity index (χ1) is 28.0. The Hall–Kier alpha value is -3.83. The first-order valence-corrected chi connectivity index (χ1v) is 20.8. The molecule has 3 heterocycles. The van der Waals surface area contributed by atoms with Gasteiger partial charge in [0.25, 0.3) is 0 Å². The molecule has 1 fully saturated rings. The maximum Gasteiger partial charge on any atom is 0.356 e. The van der Waals surface area contributed by atoms with E-state index in [1.807, 2.05) is 36.4 Å². The standard InChI is InChI=1S/C40H53N5O10S2/c1-48-39(46)37-7-3-5-32(42-37)27-44-13-17-50-21-22-51-18-14-45(28-33-6-4-8-38(43-33)40(47)49-2)16-20-54-35(29-53-19-15-44)30-56-26-25-52-23-24-55-34-9-11-36(12-10-34)57-31-41/h3-12,35H,13-30H2,1-2H3/t35-/m0/s1. The van der Waals surface area contributed by atoms with Gasteiger partial charge < -0.3 is 37.9 Å². The van der Waals surface area contributed by atoms with E-state index in [0.717, 1.165) is 39.5 Å². The number of hydrogen-bond acceptors (Lipinski definition) is 17. The molecule has 15 nitrogen and oxygen atoms in total. The van der Waals surface area contributed by atoms with Gasteiger partial charge in [0.2, 0.25) is 0 Å². The van der Waals surface area contributed by atoms with Crippen molar-refractivity contribution in [3.8, 4) is 11.2 Å². The number of nitrogens with zero attached hydrogens (tertiary/aromatic N) is 5. The minimum Gasteiger partial charge on any atom is -0.491 e. The van der Waals surface area contributed by atoms with Crippen LogP contribution in [0, 0.1) is 10.7 Å². The zero-order valence-electron chi connectivity index (χ0n) is 32.7. The Morgan fingerprint density at radius 1 is 0.754 bits per heavy atom. The van der Waals surface area contributed by atoms with E-state index in [4.69, 9.17) is 43.2 Å². The highest BCUT2D eigenvalue weighted by Gasteiger charge is 2.16. The number of aromatic nitrogens is 2. The third-order valence-electron chi connectivity index (χ3n) is 8.43. The van der Waals surface area contributed by atoms with Gasteiger partial charge in [0.05, 0.1) is 91.2 Å². The molecule has 1 aliphatic rings. The molecule has 0 radical (unpaired) electrons. The second-order valence-electron chi connectivity index (χ2n) is 12.6. The molecule has 1 atom stereocenters. The van der Waals surface area contributed by atoms with E-state index in [-0.39, 0.29) is 17.5 Å². The number of pyridine rings is 2. The molecule has 1 aliphatic heterocycles. The van der Waals surface area contributed by atoms with Gasteiger partial charge in [-0.15, -0.1) is 0 Å². The molecule has 57 heavy (non-hydrogen) atoms. The number of carbonyl (C=O) groups excluding carboxylic acids is 2. The summed E-state index contributed by atoms with van der Waals surface area (Å²) in [5.74, 6) is 1.26. The summed E-state index contributed by atoms with van der Waals surface area (Å²) in [6, 6.07) is 18.0. The van der Waals surface area contributed by atoms with Crippen molar-refractivity contribution in [2.75, 3.05) is 118 Å². The highest BCUT2D eigenvalue weighted by Crippen LogP contribution is 2.20. The van der Waals surface area contributed by atoms with Crippen LogP contribution in [0.2, 0.25) is 0 Å². The van der Waals surface area contributed by atoms with Crippen molar-refractivity contribution in [3.05, 3.63) is 83.4 Å². The molecule has 1 saturated heterocycles. The van der Waals surface area contributed by atoms with Gasteiger partial charge in [0.15, 0.2) is 0 Å². The molecule has 0 spiro atoms. The van der Waals surface area contributed by atoms with Crippen LogP contribution < -0.4 is 4.74 Å². The fraction of sp³-hybridized carbons (Fsp3) is 0.525. The highest BCUT2D eigenvalue weighted by molar-refractivity contribution is 8.03. The van der Waals surface area contributed by atoms with E-state index in [9.17, 15) is 9.59 Å². The predicted octanol–water partition coefficient (Wildman–Crippen LogP) is 4.20. The van der Waals surface area contributed by atoms with Crippen LogP contribution in [-0.4, -0.2) is 156 Å². The van der Waals surface area contributed by atoms with Crippen LogP contribution in [0.5, 0.6) is 5.75 Å². The third-order valence-corrected chi connectivity index (χ3v) is 10.1. The Balaban J connectivity index is 1.30. The molecule has 0 unspecified atom stereocenters. The Labute approximate surface area is 343 Å². The summed E-state index contributed by atoms with van der Waals surface area (Å²) in [5, 5.41) is 10.9. The van der Waals surface area contributed by atoms with Crippen LogP contribution in [0.3, 0.4) is 0 Å². The van der Waals surface area contributed by atoms with Gasteiger partial charge in [-0.2, -0.15) is 17.0 Å². The van der Waals surface area contributed by atoms with Gasteiger partial charge in [0.1, 0.15) is 29.1 Å². The number of rotatable bonds is 16. The topological polar surface area (TPSA) is 164 Å². The second kappa shape index (κ2) is 27.7. The van der Waals surface area contributed by atoms with Crippen molar-refractivity contribution in [1.29, 1.82) is 5.26 Å². The average molecular weight is 828 g/mol. The largest absolute Gasteiger partial charge is 0.491 e. The molecule has 4 rings (SSSR count). The fourth-order valence-corrected chi connectivity index (χ4v) is 6.73. The molecule has 0 bridgehead atoms. The number of methoxy groups -OCH3 is 2. The third kappa shape index (κ3) is 18.5. The molecule has 3 aromatic rings. The quantitative estimate of drug-likeness (QED) is 0.0873. The number of nitriles is 1. The summed E-state index contributed by atoms with van der Waals surface area (Å²) in [4.78, 5) is 38.4. The normalized spacial score (nSPS) is 17.1. The zero-order valence-corrected chi connectivity index (χ0v) is 34.3. The Bertz CT molecular complexity index is 1650.